The van der Waals surface area contributed by atoms with Gasteiger partial charge in [0, 0.05) is 31.4 Å². The molecule has 0 saturated heterocycles. The first-order valence-electron chi connectivity index (χ1n) is 7.30. The summed E-state index contributed by atoms with van der Waals surface area (Å²) >= 11 is 6.24. The van der Waals surface area contributed by atoms with Crippen LogP contribution in [0.15, 0.2) is 42.7 Å². The third-order valence-corrected chi connectivity index (χ3v) is 3.78. The lowest BCUT2D eigenvalue weighted by Gasteiger charge is -2.22. The molecule has 0 aliphatic rings. The molecule has 0 amide bonds. The Hall–Kier alpha value is -1.58. The van der Waals surface area contributed by atoms with Crippen LogP contribution in [0.2, 0.25) is 5.02 Å². The van der Waals surface area contributed by atoms with E-state index in [2.05, 4.69) is 41.3 Å². The highest BCUT2D eigenvalue weighted by molar-refractivity contribution is 6.31. The van der Waals surface area contributed by atoms with Crippen molar-refractivity contribution in [1.29, 1.82) is 0 Å². The maximum Gasteiger partial charge on any atom is 0.0598 e. The van der Waals surface area contributed by atoms with Crippen LogP contribution in [0.5, 0.6) is 0 Å². The summed E-state index contributed by atoms with van der Waals surface area (Å²) in [4.78, 5) is 6.45. The van der Waals surface area contributed by atoms with Crippen LogP contribution in [0, 0.1) is 0 Å². The smallest absolute Gasteiger partial charge is 0.0598 e. The lowest BCUT2D eigenvalue weighted by Crippen LogP contribution is -2.21. The molecule has 0 aliphatic heterocycles. The second kappa shape index (κ2) is 8.01. The first kappa shape index (κ1) is 15.8. The molecule has 0 radical (unpaired) electrons. The zero-order valence-corrected chi connectivity index (χ0v) is 13.4. The highest BCUT2D eigenvalue weighted by Crippen LogP contribution is 2.22. The lowest BCUT2D eigenvalue weighted by atomic mass is 10.1. The zero-order valence-electron chi connectivity index (χ0n) is 12.6. The van der Waals surface area contributed by atoms with Gasteiger partial charge in [0.2, 0.25) is 0 Å². The van der Waals surface area contributed by atoms with E-state index in [1.807, 2.05) is 30.6 Å². The molecule has 1 aromatic carbocycles. The number of benzene rings is 1. The fourth-order valence-corrected chi connectivity index (χ4v) is 2.47. The Kier molecular flexibility index (Phi) is 6.03. The van der Waals surface area contributed by atoms with Crippen LogP contribution in [0.4, 0.5) is 5.69 Å². The molecule has 1 aromatic heterocycles. The van der Waals surface area contributed by atoms with Gasteiger partial charge in [-0.3, -0.25) is 4.98 Å². The monoisotopic (exact) mass is 303 g/mol. The third-order valence-electron chi connectivity index (χ3n) is 3.41. The summed E-state index contributed by atoms with van der Waals surface area (Å²) in [6.07, 6.45) is 4.89. The van der Waals surface area contributed by atoms with Gasteiger partial charge in [-0.25, -0.2) is 0 Å². The molecule has 0 spiro atoms. The number of nitrogens with zero attached hydrogens (tertiary/aromatic N) is 2. The Bertz CT molecular complexity index is 571. The summed E-state index contributed by atoms with van der Waals surface area (Å²) in [5, 5.41) is 4.25. The Morgan fingerprint density at radius 2 is 2.00 bits per heavy atom. The molecule has 21 heavy (non-hydrogen) atoms. The van der Waals surface area contributed by atoms with Crippen LogP contribution in [0.25, 0.3) is 0 Å². The summed E-state index contributed by atoms with van der Waals surface area (Å²) < 4.78 is 0. The van der Waals surface area contributed by atoms with E-state index in [-0.39, 0.29) is 0 Å². The molecule has 0 fully saturated rings. The van der Waals surface area contributed by atoms with Gasteiger partial charge in [0.25, 0.3) is 0 Å². The fraction of sp³-hybridized carbons (Fsp3) is 0.353. The largest absolute Gasteiger partial charge is 0.369 e. The number of halogens is 1. The van der Waals surface area contributed by atoms with Gasteiger partial charge in [0.05, 0.1) is 11.9 Å². The van der Waals surface area contributed by atoms with Crippen molar-refractivity contribution in [1.82, 2.24) is 10.3 Å². The van der Waals surface area contributed by atoms with Crippen LogP contribution < -0.4 is 10.2 Å². The summed E-state index contributed by atoms with van der Waals surface area (Å²) in [6.45, 7) is 4.82. The molecule has 3 nitrogen and oxygen atoms in total. The highest BCUT2D eigenvalue weighted by Gasteiger charge is 2.09. The van der Waals surface area contributed by atoms with Gasteiger partial charge < -0.3 is 10.2 Å². The Morgan fingerprint density at radius 3 is 2.76 bits per heavy atom. The highest BCUT2D eigenvalue weighted by atomic mass is 35.5. The predicted octanol–water partition coefficient (Wildman–Crippen LogP) is 3.87. The molecule has 0 unspecified atom stereocenters. The lowest BCUT2D eigenvalue weighted by molar-refractivity contribution is 0.673. The molecule has 2 rings (SSSR count). The van der Waals surface area contributed by atoms with Gasteiger partial charge >= 0.3 is 0 Å². The minimum atomic E-state index is 0.770. The summed E-state index contributed by atoms with van der Waals surface area (Å²) in [7, 11) is 2.07. The number of hydrogen-bond acceptors (Lipinski definition) is 3. The Labute approximate surface area is 132 Å². The second-order valence-electron chi connectivity index (χ2n) is 5.13. The number of aromatic nitrogens is 1. The molecule has 2 aromatic rings. The van der Waals surface area contributed by atoms with Gasteiger partial charge in [-0.05, 0) is 36.2 Å². The molecule has 4 heteroatoms. The predicted molar refractivity (Wildman–Crippen MR) is 89.8 cm³/mol. The number of nitrogens with one attached hydrogen (secondary N) is 1. The van der Waals surface area contributed by atoms with Gasteiger partial charge in [-0.1, -0.05) is 36.7 Å². The van der Waals surface area contributed by atoms with Crippen LogP contribution in [-0.2, 0) is 13.1 Å². The normalized spacial score (nSPS) is 10.6. The van der Waals surface area contributed by atoms with Gasteiger partial charge in [0.15, 0.2) is 0 Å². The third kappa shape index (κ3) is 4.45. The van der Waals surface area contributed by atoms with Crippen molar-refractivity contribution in [2.24, 2.45) is 0 Å². The average molecular weight is 304 g/mol. The first-order chi connectivity index (χ1) is 10.2. The quantitative estimate of drug-likeness (QED) is 0.787. The molecule has 1 N–H and O–H groups in total. The van der Waals surface area contributed by atoms with E-state index in [1.165, 1.54) is 5.56 Å². The van der Waals surface area contributed by atoms with E-state index < -0.39 is 0 Å². The average Bonchev–Trinajstić information content (AvgIpc) is 2.50. The van der Waals surface area contributed by atoms with E-state index in [1.54, 1.807) is 0 Å². The van der Waals surface area contributed by atoms with E-state index in [0.29, 0.717) is 0 Å². The van der Waals surface area contributed by atoms with E-state index >= 15 is 0 Å². The zero-order chi connectivity index (χ0) is 15.1. The molecular formula is C17H22ClN3. The maximum atomic E-state index is 6.24. The van der Waals surface area contributed by atoms with Gasteiger partial charge in [-0.15, -0.1) is 0 Å². The van der Waals surface area contributed by atoms with Crippen molar-refractivity contribution in [2.75, 3.05) is 18.5 Å². The first-order valence-corrected chi connectivity index (χ1v) is 7.68. The van der Waals surface area contributed by atoms with Crippen LogP contribution in [0.1, 0.15) is 24.5 Å². The van der Waals surface area contributed by atoms with Crippen molar-refractivity contribution < 1.29 is 0 Å². The summed E-state index contributed by atoms with van der Waals surface area (Å²) in [6, 6.07) is 10.0. The minimum Gasteiger partial charge on any atom is -0.369 e. The standard InChI is InChI=1S/C17H22ClN3/c1-3-9-19-11-14-8-10-20-12-17(14)21(2)13-15-6-4-5-7-16(15)18/h4-8,10,12,19H,3,9,11,13H2,1-2H3. The van der Waals surface area contributed by atoms with Crippen LogP contribution in [-0.4, -0.2) is 18.6 Å². The van der Waals surface area contributed by atoms with E-state index in [4.69, 9.17) is 11.6 Å². The fourth-order valence-electron chi connectivity index (χ4n) is 2.28. The molecule has 0 saturated carbocycles. The summed E-state index contributed by atoms with van der Waals surface area (Å²) in [5.41, 5.74) is 3.52. The van der Waals surface area contributed by atoms with Gasteiger partial charge in [-0.2, -0.15) is 0 Å². The minimum absolute atomic E-state index is 0.770. The topological polar surface area (TPSA) is 28.2 Å². The molecule has 112 valence electrons. The van der Waals surface area contributed by atoms with Crippen molar-refractivity contribution in [3.05, 3.63) is 58.9 Å². The molecule has 0 aliphatic carbocycles. The molecule has 1 heterocycles. The Balaban J connectivity index is 2.11. The summed E-state index contributed by atoms with van der Waals surface area (Å²) in [5.74, 6) is 0. The number of hydrogen-bond donors (Lipinski definition) is 1. The molecular weight excluding hydrogens is 282 g/mol. The van der Waals surface area contributed by atoms with Crippen molar-refractivity contribution >= 4 is 17.3 Å². The van der Waals surface area contributed by atoms with Crippen molar-refractivity contribution in [3.63, 3.8) is 0 Å². The van der Waals surface area contributed by atoms with Crippen molar-refractivity contribution in [3.8, 4) is 0 Å². The SMILES string of the molecule is CCCNCc1ccncc1N(C)Cc1ccccc1Cl. The molecule has 0 bridgehead atoms. The van der Waals surface area contributed by atoms with Gasteiger partial charge in [0.1, 0.15) is 0 Å². The second-order valence-corrected chi connectivity index (χ2v) is 5.54. The Morgan fingerprint density at radius 1 is 1.19 bits per heavy atom. The number of pyridine rings is 1. The van der Waals surface area contributed by atoms with E-state index in [0.717, 1.165) is 42.3 Å². The number of rotatable bonds is 7. The molecule has 0 atom stereocenters. The van der Waals surface area contributed by atoms with E-state index in [9.17, 15) is 0 Å². The van der Waals surface area contributed by atoms with Crippen LogP contribution in [0.3, 0.4) is 0 Å². The van der Waals surface area contributed by atoms with Crippen molar-refractivity contribution in [2.45, 2.75) is 26.4 Å². The maximum absolute atomic E-state index is 6.24. The van der Waals surface area contributed by atoms with Crippen LogP contribution >= 0.6 is 11.6 Å². The number of anilines is 1.